The molecule has 0 N–H and O–H groups in total. The topological polar surface area (TPSA) is 40.9 Å². The molecule has 0 saturated heterocycles. The van der Waals surface area contributed by atoms with E-state index >= 15 is 0 Å². The number of aldehydes is 1. The van der Waals surface area contributed by atoms with Crippen LogP contribution in [0.5, 0.6) is 0 Å². The molecule has 0 heterocycles. The predicted molar refractivity (Wildman–Crippen MR) is 35.4 cm³/mol. The molecule has 56 valence electrons. The molecule has 0 fully saturated rings. The number of hydrogen-bond donors (Lipinski definition) is 0. The Kier molecular flexibility index (Phi) is 3.31. The van der Waals surface area contributed by atoms with Crippen molar-refractivity contribution in [3.05, 3.63) is 0 Å². The van der Waals surface area contributed by atoms with E-state index in [4.69, 9.17) is 16.9 Å². The van der Waals surface area contributed by atoms with Crippen molar-refractivity contribution in [2.75, 3.05) is 0 Å². The van der Waals surface area contributed by atoms with Crippen LogP contribution >= 0.6 is 11.6 Å². The molecular weight excluding hydrogens is 157 g/mol. The molecule has 0 aliphatic rings. The van der Waals surface area contributed by atoms with E-state index in [0.717, 1.165) is 0 Å². The van der Waals surface area contributed by atoms with Gasteiger partial charge in [0.15, 0.2) is 6.17 Å². The molecular formula is C6H7ClFNO. The van der Waals surface area contributed by atoms with Gasteiger partial charge in [-0.3, -0.25) is 0 Å². The molecule has 2 unspecified atom stereocenters. The highest BCUT2D eigenvalue weighted by Gasteiger charge is 2.24. The first-order valence-corrected chi connectivity index (χ1v) is 3.08. The Morgan fingerprint density at radius 3 is 2.80 bits per heavy atom. The predicted octanol–water partition coefficient (Wildman–Crippen LogP) is 1.43. The van der Waals surface area contributed by atoms with Gasteiger partial charge < -0.3 is 4.79 Å². The molecule has 0 radical (unpaired) electrons. The Bertz CT molecular complexity index is 164. The van der Waals surface area contributed by atoms with Crippen LogP contribution in [0.4, 0.5) is 4.39 Å². The van der Waals surface area contributed by atoms with E-state index in [1.54, 1.807) is 0 Å². The zero-order valence-corrected chi connectivity index (χ0v) is 6.23. The van der Waals surface area contributed by atoms with Gasteiger partial charge in [0.25, 0.3) is 0 Å². The Hall–Kier alpha value is -0.620. The molecule has 2 nitrogen and oxygen atoms in total. The van der Waals surface area contributed by atoms with Gasteiger partial charge in [-0.25, -0.2) is 4.39 Å². The molecule has 10 heavy (non-hydrogen) atoms. The quantitative estimate of drug-likeness (QED) is 0.467. The van der Waals surface area contributed by atoms with Gasteiger partial charge in [-0.05, 0) is 6.92 Å². The van der Waals surface area contributed by atoms with Crippen LogP contribution in [-0.4, -0.2) is 17.3 Å². The minimum Gasteiger partial charge on any atom is -0.301 e. The second kappa shape index (κ2) is 3.52. The number of nitrogens with zero attached hydrogens (tertiary/aromatic N) is 1. The molecule has 0 aliphatic heterocycles. The maximum absolute atomic E-state index is 12.2. The molecule has 2 atom stereocenters. The number of alkyl halides is 2. The van der Waals surface area contributed by atoms with Gasteiger partial charge in [0.2, 0.25) is 0 Å². The minimum absolute atomic E-state index is 0.255. The zero-order valence-electron chi connectivity index (χ0n) is 5.47. The summed E-state index contributed by atoms with van der Waals surface area (Å²) in [5.41, 5.74) is 0. The van der Waals surface area contributed by atoms with E-state index in [1.165, 1.54) is 13.0 Å². The molecule has 0 aromatic rings. The van der Waals surface area contributed by atoms with Gasteiger partial charge in [-0.2, -0.15) is 5.26 Å². The van der Waals surface area contributed by atoms with Crippen molar-refractivity contribution >= 4 is 17.9 Å². The fourth-order valence-electron chi connectivity index (χ4n) is 0.444. The Morgan fingerprint density at radius 1 is 2.00 bits per heavy atom. The van der Waals surface area contributed by atoms with Crippen molar-refractivity contribution in [2.45, 2.75) is 24.4 Å². The van der Waals surface area contributed by atoms with Crippen molar-refractivity contribution in [2.24, 2.45) is 0 Å². The third kappa shape index (κ3) is 3.41. The summed E-state index contributed by atoms with van der Waals surface area (Å²) in [6.07, 6.45) is -1.49. The van der Waals surface area contributed by atoms with E-state index in [-0.39, 0.29) is 6.42 Å². The summed E-state index contributed by atoms with van der Waals surface area (Å²) in [6.45, 7) is 1.37. The van der Waals surface area contributed by atoms with E-state index in [0.29, 0.717) is 6.29 Å². The highest BCUT2D eigenvalue weighted by Crippen LogP contribution is 2.19. The lowest BCUT2D eigenvalue weighted by molar-refractivity contribution is -0.110. The second-order valence-electron chi connectivity index (χ2n) is 2.20. The molecule has 0 bridgehead atoms. The fourth-order valence-corrected chi connectivity index (χ4v) is 0.580. The summed E-state index contributed by atoms with van der Waals surface area (Å²) in [4.78, 5) is 8.83. The average molecular weight is 164 g/mol. The molecule has 0 amide bonds. The lowest BCUT2D eigenvalue weighted by Gasteiger charge is -2.12. The van der Waals surface area contributed by atoms with Gasteiger partial charge in [0, 0.05) is 6.42 Å². The molecule has 0 spiro atoms. The molecule has 0 saturated carbocycles. The third-order valence-corrected chi connectivity index (χ3v) is 1.21. The Balaban J connectivity index is 3.90. The molecule has 0 rings (SSSR count). The summed E-state index contributed by atoms with van der Waals surface area (Å²) in [7, 11) is 0. The van der Waals surface area contributed by atoms with Crippen LogP contribution in [0.1, 0.15) is 13.3 Å². The van der Waals surface area contributed by atoms with E-state index in [9.17, 15) is 9.18 Å². The van der Waals surface area contributed by atoms with Gasteiger partial charge in [-0.1, -0.05) is 0 Å². The summed E-state index contributed by atoms with van der Waals surface area (Å²) < 4.78 is 12.2. The first kappa shape index (κ1) is 9.38. The van der Waals surface area contributed by atoms with E-state index < -0.39 is 11.0 Å². The van der Waals surface area contributed by atoms with Crippen LogP contribution in [-0.2, 0) is 4.79 Å². The van der Waals surface area contributed by atoms with Gasteiger partial charge >= 0.3 is 0 Å². The highest BCUT2D eigenvalue weighted by molar-refractivity contribution is 6.31. The van der Waals surface area contributed by atoms with Crippen LogP contribution in [0.3, 0.4) is 0 Å². The monoisotopic (exact) mass is 163 g/mol. The summed E-state index contributed by atoms with van der Waals surface area (Å²) in [5, 5.41) is 7.99. The average Bonchev–Trinajstić information content (AvgIpc) is 1.87. The number of carbonyl (C=O) groups is 1. The van der Waals surface area contributed by atoms with E-state index in [1.807, 2.05) is 0 Å². The maximum atomic E-state index is 12.2. The van der Waals surface area contributed by atoms with Gasteiger partial charge in [0.05, 0.1) is 6.07 Å². The number of halogens is 2. The SMILES string of the molecule is CC(Cl)(C=O)CC(F)C#N. The van der Waals surface area contributed by atoms with Crippen molar-refractivity contribution in [1.82, 2.24) is 0 Å². The molecule has 0 aromatic carbocycles. The van der Waals surface area contributed by atoms with E-state index in [2.05, 4.69) is 0 Å². The normalized spacial score (nSPS) is 18.6. The van der Waals surface area contributed by atoms with Crippen molar-refractivity contribution in [1.29, 1.82) is 5.26 Å². The smallest absolute Gasteiger partial charge is 0.188 e. The van der Waals surface area contributed by atoms with Crippen LogP contribution < -0.4 is 0 Å². The van der Waals surface area contributed by atoms with Crippen molar-refractivity contribution in [3.8, 4) is 6.07 Å². The number of rotatable bonds is 3. The van der Waals surface area contributed by atoms with Crippen molar-refractivity contribution < 1.29 is 9.18 Å². The summed E-state index contributed by atoms with van der Waals surface area (Å²) in [6, 6.07) is 1.35. The molecule has 4 heteroatoms. The lowest BCUT2D eigenvalue weighted by atomic mass is 10.1. The minimum atomic E-state index is -1.66. The second-order valence-corrected chi connectivity index (χ2v) is 3.06. The van der Waals surface area contributed by atoms with Gasteiger partial charge in [0.1, 0.15) is 11.2 Å². The summed E-state index contributed by atoms with van der Waals surface area (Å²) >= 11 is 5.44. The first-order chi connectivity index (χ1) is 4.52. The Morgan fingerprint density at radius 2 is 2.50 bits per heavy atom. The zero-order chi connectivity index (χ0) is 8.20. The third-order valence-electron chi connectivity index (χ3n) is 0.964. The van der Waals surface area contributed by atoms with Crippen LogP contribution in [0.25, 0.3) is 0 Å². The van der Waals surface area contributed by atoms with Crippen LogP contribution in [0.15, 0.2) is 0 Å². The Labute approximate surface area is 63.6 Å². The largest absolute Gasteiger partial charge is 0.301 e. The van der Waals surface area contributed by atoms with Gasteiger partial charge in [-0.15, -0.1) is 11.6 Å². The maximum Gasteiger partial charge on any atom is 0.188 e. The molecule has 0 aliphatic carbocycles. The number of carbonyl (C=O) groups excluding carboxylic acids is 1. The van der Waals surface area contributed by atoms with Crippen molar-refractivity contribution in [3.63, 3.8) is 0 Å². The molecule has 0 aromatic heterocycles. The first-order valence-electron chi connectivity index (χ1n) is 2.71. The number of hydrogen-bond acceptors (Lipinski definition) is 2. The summed E-state index contributed by atoms with van der Waals surface area (Å²) in [5.74, 6) is 0. The van der Waals surface area contributed by atoms with Crippen LogP contribution in [0, 0.1) is 11.3 Å². The standard InChI is InChI=1S/C6H7ClFNO/c1-6(7,4-10)2-5(8)3-9/h4-5H,2H2,1H3. The number of nitriles is 1. The fraction of sp³-hybridized carbons (Fsp3) is 0.667. The lowest BCUT2D eigenvalue weighted by Crippen LogP contribution is -2.22. The van der Waals surface area contributed by atoms with Crippen LogP contribution in [0.2, 0.25) is 0 Å². The highest BCUT2D eigenvalue weighted by atomic mass is 35.5.